The van der Waals surface area contributed by atoms with Crippen molar-refractivity contribution in [3.05, 3.63) is 24.3 Å². The molecule has 1 aromatic carbocycles. The highest BCUT2D eigenvalue weighted by atomic mass is 16.4. The van der Waals surface area contributed by atoms with E-state index < -0.39 is 0 Å². The molecule has 0 aliphatic carbocycles. The van der Waals surface area contributed by atoms with Gasteiger partial charge in [0.2, 0.25) is 0 Å². The molecule has 0 spiro atoms. The smallest absolute Gasteiger partial charge is 0.298 e. The van der Waals surface area contributed by atoms with Gasteiger partial charge in [0.25, 0.3) is 6.01 Å². The summed E-state index contributed by atoms with van der Waals surface area (Å²) >= 11 is 0. The highest BCUT2D eigenvalue weighted by Crippen LogP contribution is 2.21. The zero-order valence-corrected chi connectivity index (χ0v) is 9.97. The Morgan fingerprint density at radius 1 is 1.53 bits per heavy atom. The van der Waals surface area contributed by atoms with Gasteiger partial charge in [0.1, 0.15) is 5.52 Å². The topological polar surface area (TPSA) is 79.1 Å². The van der Waals surface area contributed by atoms with E-state index in [2.05, 4.69) is 4.98 Å². The van der Waals surface area contributed by atoms with Gasteiger partial charge in [-0.2, -0.15) is 4.98 Å². The monoisotopic (exact) mass is 232 g/mol. The minimum Gasteiger partial charge on any atom is -0.423 e. The van der Waals surface area contributed by atoms with Crippen LogP contribution in [0, 0.1) is 11.3 Å². The molecule has 2 aromatic rings. The molecule has 1 aromatic heterocycles. The molecule has 5 nitrogen and oxygen atoms in total. The number of aromatic nitrogens is 1. The predicted molar refractivity (Wildman–Crippen MR) is 68.4 cm³/mol. The van der Waals surface area contributed by atoms with Crippen molar-refractivity contribution in [2.24, 2.45) is 11.7 Å². The fraction of sp³-hybridized carbons (Fsp3) is 0.333. The molecule has 90 valence electrons. The fourth-order valence-electron chi connectivity index (χ4n) is 1.61. The number of nitrogens with two attached hydrogens (primary N) is 1. The highest BCUT2D eigenvalue weighted by Gasteiger charge is 2.14. The molecule has 1 atom stereocenters. The van der Waals surface area contributed by atoms with Crippen molar-refractivity contribution in [2.75, 3.05) is 18.5 Å². The molecule has 5 heteroatoms. The lowest BCUT2D eigenvalue weighted by atomic mass is 10.1. The van der Waals surface area contributed by atoms with Gasteiger partial charge in [-0.15, -0.1) is 0 Å². The van der Waals surface area contributed by atoms with Crippen molar-refractivity contribution >= 4 is 22.9 Å². The Kier molecular flexibility index (Phi) is 2.99. The molecule has 0 aliphatic heterocycles. The quantitative estimate of drug-likeness (QED) is 0.622. The van der Waals surface area contributed by atoms with Gasteiger partial charge in [-0.25, -0.2) is 0 Å². The van der Waals surface area contributed by atoms with Crippen molar-refractivity contribution in [3.63, 3.8) is 0 Å². The van der Waals surface area contributed by atoms with Crippen molar-refractivity contribution in [2.45, 2.75) is 6.92 Å². The lowest BCUT2D eigenvalue weighted by molar-refractivity contribution is 0.569. The second-order valence-electron chi connectivity index (χ2n) is 4.20. The maximum absolute atomic E-state index is 7.36. The van der Waals surface area contributed by atoms with Gasteiger partial charge in [-0.05, 0) is 12.1 Å². The van der Waals surface area contributed by atoms with E-state index in [1.54, 1.807) is 0 Å². The van der Waals surface area contributed by atoms with Gasteiger partial charge in [0, 0.05) is 19.5 Å². The maximum Gasteiger partial charge on any atom is 0.298 e. The predicted octanol–water partition coefficient (Wildman–Crippen LogP) is 1.84. The average molecular weight is 232 g/mol. The van der Waals surface area contributed by atoms with E-state index in [-0.39, 0.29) is 11.8 Å². The summed E-state index contributed by atoms with van der Waals surface area (Å²) in [4.78, 5) is 6.24. The Bertz CT molecular complexity index is 501. The normalized spacial score (nSPS) is 12.6. The minimum atomic E-state index is -0.0185. The SMILES string of the molecule is CC(CN(C)c1nc2ccccc2o1)C(=N)N. The van der Waals surface area contributed by atoms with E-state index in [0.29, 0.717) is 12.6 Å². The van der Waals surface area contributed by atoms with Crippen molar-refractivity contribution in [1.29, 1.82) is 5.41 Å². The minimum absolute atomic E-state index is 0.0185. The third-order valence-corrected chi connectivity index (χ3v) is 2.69. The number of hydrogen-bond donors (Lipinski definition) is 2. The van der Waals surface area contributed by atoms with Gasteiger partial charge < -0.3 is 15.1 Å². The van der Waals surface area contributed by atoms with Gasteiger partial charge in [-0.3, -0.25) is 5.41 Å². The summed E-state index contributed by atoms with van der Waals surface area (Å²) in [6.07, 6.45) is 0. The maximum atomic E-state index is 7.36. The third-order valence-electron chi connectivity index (χ3n) is 2.69. The highest BCUT2D eigenvalue weighted by molar-refractivity contribution is 5.80. The van der Waals surface area contributed by atoms with E-state index in [9.17, 15) is 0 Å². The molecular formula is C12H16N4O. The molecule has 0 fully saturated rings. The Morgan fingerprint density at radius 2 is 2.24 bits per heavy atom. The number of rotatable bonds is 4. The molecule has 1 heterocycles. The van der Waals surface area contributed by atoms with Crippen LogP contribution in [0.5, 0.6) is 0 Å². The Balaban J connectivity index is 2.19. The van der Waals surface area contributed by atoms with Crippen molar-refractivity contribution in [1.82, 2.24) is 4.98 Å². The molecule has 0 saturated heterocycles. The second-order valence-corrected chi connectivity index (χ2v) is 4.20. The number of hydrogen-bond acceptors (Lipinski definition) is 4. The van der Waals surface area contributed by atoms with E-state index in [1.165, 1.54) is 0 Å². The number of anilines is 1. The summed E-state index contributed by atoms with van der Waals surface area (Å²) in [5, 5.41) is 7.36. The molecule has 3 N–H and O–H groups in total. The molecule has 0 aliphatic rings. The van der Waals surface area contributed by atoms with Crippen LogP contribution in [0.15, 0.2) is 28.7 Å². The van der Waals surface area contributed by atoms with Gasteiger partial charge >= 0.3 is 0 Å². The standard InChI is InChI=1S/C12H16N4O/c1-8(11(13)14)7-16(2)12-15-9-5-3-4-6-10(9)17-12/h3-6,8H,7H2,1-2H3,(H3,13,14). The molecular weight excluding hydrogens is 216 g/mol. The van der Waals surface area contributed by atoms with Crippen LogP contribution in [0.4, 0.5) is 6.01 Å². The summed E-state index contributed by atoms with van der Waals surface area (Å²) in [5.41, 5.74) is 7.05. The average Bonchev–Trinajstić information content (AvgIpc) is 2.72. The van der Waals surface area contributed by atoms with E-state index in [1.807, 2.05) is 43.1 Å². The first-order valence-corrected chi connectivity index (χ1v) is 5.48. The number of oxazole rings is 1. The van der Waals surface area contributed by atoms with Crippen LogP contribution in [0.3, 0.4) is 0 Å². The molecule has 2 rings (SSSR count). The molecule has 0 bridgehead atoms. The van der Waals surface area contributed by atoms with Crippen LogP contribution < -0.4 is 10.6 Å². The molecule has 0 saturated carbocycles. The largest absolute Gasteiger partial charge is 0.423 e. The lowest BCUT2D eigenvalue weighted by Crippen LogP contribution is -2.32. The first kappa shape index (κ1) is 11.4. The Labute approximate surface area is 99.7 Å². The Morgan fingerprint density at radius 3 is 2.88 bits per heavy atom. The number of nitrogens with zero attached hydrogens (tertiary/aromatic N) is 2. The second kappa shape index (κ2) is 4.45. The summed E-state index contributed by atoms with van der Waals surface area (Å²) < 4.78 is 5.61. The van der Waals surface area contributed by atoms with Crippen LogP contribution >= 0.6 is 0 Å². The first-order valence-electron chi connectivity index (χ1n) is 5.48. The fourth-order valence-corrected chi connectivity index (χ4v) is 1.61. The number of benzene rings is 1. The van der Waals surface area contributed by atoms with Crippen molar-refractivity contribution < 1.29 is 4.42 Å². The van der Waals surface area contributed by atoms with Crippen molar-refractivity contribution in [3.8, 4) is 0 Å². The zero-order chi connectivity index (χ0) is 12.4. The summed E-state index contributed by atoms with van der Waals surface area (Å²) in [6, 6.07) is 8.18. The summed E-state index contributed by atoms with van der Waals surface area (Å²) in [6.45, 7) is 2.52. The third kappa shape index (κ3) is 2.38. The van der Waals surface area contributed by atoms with Gasteiger partial charge in [-0.1, -0.05) is 19.1 Å². The summed E-state index contributed by atoms with van der Waals surface area (Å²) in [5.74, 6) is 0.156. The molecule has 1 unspecified atom stereocenters. The van der Waals surface area contributed by atoms with Crippen LogP contribution in [0.2, 0.25) is 0 Å². The number of nitrogens with one attached hydrogen (secondary N) is 1. The Hall–Kier alpha value is -2.04. The molecule has 0 amide bonds. The van der Waals surface area contributed by atoms with E-state index in [0.717, 1.165) is 11.1 Å². The van der Waals surface area contributed by atoms with Gasteiger partial charge in [0.05, 0.1) is 5.84 Å². The van der Waals surface area contributed by atoms with Crippen LogP contribution in [-0.2, 0) is 0 Å². The van der Waals surface area contributed by atoms with Crippen LogP contribution in [0.1, 0.15) is 6.92 Å². The lowest BCUT2D eigenvalue weighted by Gasteiger charge is -2.18. The zero-order valence-electron chi connectivity index (χ0n) is 9.97. The van der Waals surface area contributed by atoms with Crippen LogP contribution in [-0.4, -0.2) is 24.4 Å². The van der Waals surface area contributed by atoms with Gasteiger partial charge in [0.15, 0.2) is 5.58 Å². The summed E-state index contributed by atoms with van der Waals surface area (Å²) in [7, 11) is 1.88. The molecule has 17 heavy (non-hydrogen) atoms. The number of fused-ring (bicyclic) bond motifs is 1. The number of amidine groups is 1. The molecule has 0 radical (unpaired) electrons. The first-order chi connectivity index (χ1) is 8.08. The van der Waals surface area contributed by atoms with E-state index in [4.69, 9.17) is 15.6 Å². The van der Waals surface area contributed by atoms with Crippen LogP contribution in [0.25, 0.3) is 11.1 Å². The van der Waals surface area contributed by atoms with E-state index >= 15 is 0 Å². The number of para-hydroxylation sites is 2.